The highest BCUT2D eigenvalue weighted by Gasteiger charge is 2.49. The Kier molecular flexibility index (Phi) is 15.5. The zero-order valence-electron chi connectivity index (χ0n) is 23.0. The molecule has 0 unspecified atom stereocenters. The Hall–Kier alpha value is -3.24. The molecule has 1 aromatic rings. The number of alkyl halides is 9. The van der Waals surface area contributed by atoms with E-state index >= 15 is 0 Å². The lowest BCUT2D eigenvalue weighted by atomic mass is 9.82. The third-order valence-corrected chi connectivity index (χ3v) is 6.78. The van der Waals surface area contributed by atoms with E-state index in [4.69, 9.17) is 29.7 Å². The van der Waals surface area contributed by atoms with E-state index in [0.29, 0.717) is 6.54 Å². The van der Waals surface area contributed by atoms with Gasteiger partial charge in [-0.05, 0) is 26.8 Å². The van der Waals surface area contributed by atoms with Gasteiger partial charge in [-0.25, -0.2) is 19.4 Å². The average molecular weight is 681 g/mol. The number of aryl methyl sites for hydroxylation is 1. The normalized spacial score (nSPS) is 17.4. The van der Waals surface area contributed by atoms with E-state index in [1.54, 1.807) is 11.3 Å². The molecule has 1 amide bonds. The van der Waals surface area contributed by atoms with Gasteiger partial charge in [-0.3, -0.25) is 14.6 Å². The summed E-state index contributed by atoms with van der Waals surface area (Å²) in [5, 5.41) is 33.8. The maximum atomic E-state index is 12.9. The van der Waals surface area contributed by atoms with Gasteiger partial charge in [0.15, 0.2) is 0 Å². The molecule has 254 valence electrons. The molecule has 22 heteroatoms. The lowest BCUT2D eigenvalue weighted by Gasteiger charge is -2.51. The Morgan fingerprint density at radius 1 is 0.864 bits per heavy atom. The number of amides is 1. The number of aliphatic hydroxyl groups is 1. The number of carboxylic acid groups (broad SMARTS) is 3. The number of hydrogen-bond donors (Lipinski definition) is 4. The van der Waals surface area contributed by atoms with Crippen molar-refractivity contribution in [3.8, 4) is 0 Å². The molecule has 2 aliphatic rings. The summed E-state index contributed by atoms with van der Waals surface area (Å²) >= 11 is 1.69. The second-order valence-electron chi connectivity index (χ2n) is 9.01. The molecular weight excluding hydrogens is 651 g/mol. The topological polar surface area (TPSA) is 172 Å². The van der Waals surface area contributed by atoms with Crippen molar-refractivity contribution in [3.05, 3.63) is 16.1 Å². The number of piperazine rings is 1. The molecule has 3 rings (SSSR count). The fraction of sp³-hybridized carbons (Fsp3) is 0.682. The SMILES string of the molecule is Cc1nc(CN2CCC3(CC2)C(=O)N(CCO)CCN3C)cs1.O=C(O)C(F)(F)F.O=C(O)C(F)(F)F.O=C(O)C(F)(F)F. The van der Waals surface area contributed by atoms with E-state index in [2.05, 4.69) is 27.2 Å². The molecule has 4 N–H and O–H groups in total. The zero-order chi connectivity index (χ0) is 34.7. The Bertz CT molecular complexity index is 1050. The number of hydrogen-bond acceptors (Lipinski definition) is 9. The molecule has 44 heavy (non-hydrogen) atoms. The van der Waals surface area contributed by atoms with Gasteiger partial charge >= 0.3 is 36.4 Å². The highest BCUT2D eigenvalue weighted by atomic mass is 32.1. The third-order valence-electron chi connectivity index (χ3n) is 5.95. The van der Waals surface area contributed by atoms with Crippen LogP contribution in [0, 0.1) is 6.92 Å². The minimum absolute atomic E-state index is 0.0425. The summed E-state index contributed by atoms with van der Waals surface area (Å²) in [5.74, 6) is -8.07. The molecule has 1 aromatic heterocycles. The van der Waals surface area contributed by atoms with E-state index in [9.17, 15) is 49.4 Å². The van der Waals surface area contributed by atoms with Crippen LogP contribution in [0.2, 0.25) is 0 Å². The Morgan fingerprint density at radius 3 is 1.59 bits per heavy atom. The van der Waals surface area contributed by atoms with Gasteiger partial charge in [0, 0.05) is 44.6 Å². The first-order valence-corrected chi connectivity index (χ1v) is 12.9. The number of halogens is 9. The summed E-state index contributed by atoms with van der Waals surface area (Å²) in [6.07, 6.45) is -13.5. The van der Waals surface area contributed by atoms with E-state index in [1.165, 1.54) is 0 Å². The zero-order valence-corrected chi connectivity index (χ0v) is 23.8. The van der Waals surface area contributed by atoms with Crippen LogP contribution in [0.1, 0.15) is 23.5 Å². The van der Waals surface area contributed by atoms with Crippen LogP contribution < -0.4 is 0 Å². The van der Waals surface area contributed by atoms with Gasteiger partial charge in [0.25, 0.3) is 0 Å². The van der Waals surface area contributed by atoms with Crippen LogP contribution in [0.25, 0.3) is 0 Å². The Labute approximate surface area is 247 Å². The van der Waals surface area contributed by atoms with Crippen LogP contribution in [-0.4, -0.2) is 134 Å². The lowest BCUT2D eigenvalue weighted by Crippen LogP contribution is -2.67. The molecule has 0 atom stereocenters. The van der Waals surface area contributed by atoms with Gasteiger partial charge < -0.3 is 25.3 Å². The number of carboxylic acids is 3. The molecule has 2 aliphatic heterocycles. The second-order valence-corrected chi connectivity index (χ2v) is 10.1. The van der Waals surface area contributed by atoms with Crippen LogP contribution in [-0.2, 0) is 25.7 Å². The number of thiazole rings is 1. The van der Waals surface area contributed by atoms with Crippen LogP contribution >= 0.6 is 11.3 Å². The fourth-order valence-electron chi connectivity index (χ4n) is 3.76. The maximum Gasteiger partial charge on any atom is 0.490 e. The minimum Gasteiger partial charge on any atom is -0.475 e. The average Bonchev–Trinajstić information content (AvgIpc) is 3.29. The number of carbonyl (C=O) groups is 4. The first-order chi connectivity index (χ1) is 19.9. The van der Waals surface area contributed by atoms with Gasteiger partial charge in [0.2, 0.25) is 5.91 Å². The first-order valence-electron chi connectivity index (χ1n) is 12.0. The molecule has 1 spiro atoms. The summed E-state index contributed by atoms with van der Waals surface area (Å²) in [5.41, 5.74) is 0.760. The number of aliphatic carboxylic acids is 3. The Morgan fingerprint density at radius 2 is 1.27 bits per heavy atom. The molecule has 3 heterocycles. The summed E-state index contributed by atoms with van der Waals surface area (Å²) in [6, 6.07) is 0. The van der Waals surface area contributed by atoms with Crippen molar-refractivity contribution in [3.63, 3.8) is 0 Å². The van der Waals surface area contributed by atoms with Crippen molar-refractivity contribution in [2.24, 2.45) is 0 Å². The van der Waals surface area contributed by atoms with Gasteiger partial charge in [0.05, 0.1) is 17.3 Å². The molecule has 2 fully saturated rings. The standard InChI is InChI=1S/C16H26N4O2S.3C2HF3O2/c1-13-17-14(12-23-13)11-19-5-3-16(4-6-19)15(22)20(9-10-21)8-7-18(16)2;3*3-2(4,5)1(6)7/h12,21H,3-11H2,1-2H3;3*(H,6,7). The summed E-state index contributed by atoms with van der Waals surface area (Å²) in [4.78, 5) is 50.6. The molecule has 0 aromatic carbocycles. The maximum absolute atomic E-state index is 12.9. The number of piperidine rings is 1. The van der Waals surface area contributed by atoms with Gasteiger partial charge in [-0.2, -0.15) is 39.5 Å². The van der Waals surface area contributed by atoms with Crippen LogP contribution in [0.5, 0.6) is 0 Å². The minimum atomic E-state index is -5.08. The predicted molar refractivity (Wildman–Crippen MR) is 131 cm³/mol. The van der Waals surface area contributed by atoms with Crippen LogP contribution in [0.4, 0.5) is 39.5 Å². The molecule has 12 nitrogen and oxygen atoms in total. The van der Waals surface area contributed by atoms with E-state index in [-0.39, 0.29) is 18.1 Å². The van der Waals surface area contributed by atoms with E-state index < -0.39 is 36.4 Å². The van der Waals surface area contributed by atoms with E-state index in [1.807, 2.05) is 11.8 Å². The van der Waals surface area contributed by atoms with Crippen molar-refractivity contribution in [2.45, 2.75) is 50.4 Å². The molecule has 2 saturated heterocycles. The summed E-state index contributed by atoms with van der Waals surface area (Å²) in [6.45, 7) is 6.84. The number of carbonyl (C=O) groups excluding carboxylic acids is 1. The number of rotatable bonds is 4. The lowest BCUT2D eigenvalue weighted by molar-refractivity contribution is -0.193. The third kappa shape index (κ3) is 13.6. The first kappa shape index (κ1) is 40.8. The molecule has 0 saturated carbocycles. The molecule has 0 aliphatic carbocycles. The number of likely N-dealkylation sites (N-methyl/N-ethyl adjacent to an activating group) is 1. The monoisotopic (exact) mass is 680 g/mol. The van der Waals surface area contributed by atoms with Gasteiger partial charge in [-0.1, -0.05) is 0 Å². The summed E-state index contributed by atoms with van der Waals surface area (Å²) < 4.78 is 95.2. The van der Waals surface area contributed by atoms with Crippen molar-refractivity contribution in [1.29, 1.82) is 0 Å². The molecular formula is C22H29F9N4O8S. The summed E-state index contributed by atoms with van der Waals surface area (Å²) in [7, 11) is 2.06. The highest BCUT2D eigenvalue weighted by Crippen LogP contribution is 2.33. The highest BCUT2D eigenvalue weighted by molar-refractivity contribution is 7.09. The van der Waals surface area contributed by atoms with Crippen LogP contribution in [0.15, 0.2) is 5.38 Å². The quantitative estimate of drug-likeness (QED) is 0.345. The van der Waals surface area contributed by atoms with Crippen molar-refractivity contribution in [1.82, 2.24) is 19.7 Å². The second kappa shape index (κ2) is 16.7. The van der Waals surface area contributed by atoms with Gasteiger partial charge in [-0.15, -0.1) is 11.3 Å². The fourth-order valence-corrected chi connectivity index (χ4v) is 4.37. The van der Waals surface area contributed by atoms with Crippen molar-refractivity contribution >= 4 is 35.2 Å². The van der Waals surface area contributed by atoms with Crippen molar-refractivity contribution in [2.75, 3.05) is 46.4 Å². The smallest absolute Gasteiger partial charge is 0.475 e. The Balaban J connectivity index is 0.000000721. The number of β-amino-alcohol motifs (C(OH)–C–C–N with tert-alkyl or cyclic N) is 1. The molecule has 0 radical (unpaired) electrons. The molecule has 0 bridgehead atoms. The predicted octanol–water partition coefficient (Wildman–Crippen LogP) is 2.45. The van der Waals surface area contributed by atoms with E-state index in [0.717, 1.165) is 56.3 Å². The largest absolute Gasteiger partial charge is 0.490 e. The number of aliphatic hydroxyl groups excluding tert-OH is 1. The number of likely N-dealkylation sites (tertiary alicyclic amines) is 1. The van der Waals surface area contributed by atoms with Gasteiger partial charge in [0.1, 0.15) is 5.54 Å². The van der Waals surface area contributed by atoms with Crippen molar-refractivity contribution < 1.29 is 79.1 Å². The number of aromatic nitrogens is 1. The number of nitrogens with zero attached hydrogens (tertiary/aromatic N) is 4. The van der Waals surface area contributed by atoms with Crippen LogP contribution in [0.3, 0.4) is 0 Å².